The predicted molar refractivity (Wildman–Crippen MR) is 69.4 cm³/mol. The van der Waals surface area contributed by atoms with Crippen molar-refractivity contribution in [2.24, 2.45) is 0 Å². The van der Waals surface area contributed by atoms with Crippen LogP contribution in [0.1, 0.15) is 33.3 Å². The van der Waals surface area contributed by atoms with Crippen LogP contribution in [0.5, 0.6) is 11.5 Å². The molecule has 0 aliphatic heterocycles. The molecule has 5 heteroatoms. The Hall–Kier alpha value is -1.78. The third-order valence-corrected chi connectivity index (χ3v) is 2.44. The predicted octanol–water partition coefficient (Wildman–Crippen LogP) is 3.82. The van der Waals surface area contributed by atoms with Crippen LogP contribution in [0.25, 0.3) is 0 Å². The molecule has 0 spiro atoms. The van der Waals surface area contributed by atoms with E-state index in [4.69, 9.17) is 9.47 Å². The van der Waals surface area contributed by atoms with Gasteiger partial charge in [-0.2, -0.15) is 0 Å². The van der Waals surface area contributed by atoms with Gasteiger partial charge in [0.1, 0.15) is 11.5 Å². The molecule has 0 aliphatic carbocycles. The molecule has 0 N–H and O–H groups in total. The van der Waals surface area contributed by atoms with Gasteiger partial charge in [0, 0.05) is 13.0 Å². The number of hydrogen-bond donors (Lipinski definition) is 0. The van der Waals surface area contributed by atoms with Gasteiger partial charge in [0.15, 0.2) is 0 Å². The Labute approximate surface area is 112 Å². The Morgan fingerprint density at radius 2 is 1.79 bits per heavy atom. The molecule has 0 aromatic heterocycles. The molecule has 1 rings (SSSR count). The number of methoxy groups -OCH3 is 1. The summed E-state index contributed by atoms with van der Waals surface area (Å²) in [6.45, 7) is 7.17. The van der Waals surface area contributed by atoms with E-state index >= 15 is 0 Å². The molecule has 1 aromatic carbocycles. The van der Waals surface area contributed by atoms with Crippen LogP contribution in [-0.4, -0.2) is 19.6 Å². The SMILES string of the molecule is COc1cc(OC(=O)OC(C)F)cc(C(C)(C)C)c1. The average Bonchev–Trinajstić information content (AvgIpc) is 2.25. The van der Waals surface area contributed by atoms with Crippen molar-refractivity contribution in [1.29, 1.82) is 0 Å². The molecule has 0 saturated heterocycles. The van der Waals surface area contributed by atoms with Crippen molar-refractivity contribution >= 4 is 6.16 Å². The van der Waals surface area contributed by atoms with Gasteiger partial charge in [0.2, 0.25) is 6.36 Å². The first-order chi connectivity index (χ1) is 8.72. The van der Waals surface area contributed by atoms with Gasteiger partial charge in [-0.05, 0) is 23.1 Å². The molecule has 0 heterocycles. The topological polar surface area (TPSA) is 44.8 Å². The number of hydrogen-bond acceptors (Lipinski definition) is 4. The maximum atomic E-state index is 12.5. The minimum Gasteiger partial charge on any atom is -0.497 e. The summed E-state index contributed by atoms with van der Waals surface area (Å²) in [6.07, 6.45) is -2.79. The Balaban J connectivity index is 2.98. The molecule has 1 atom stereocenters. The minimum absolute atomic E-state index is 0.135. The molecule has 106 valence electrons. The maximum Gasteiger partial charge on any atom is 0.516 e. The lowest BCUT2D eigenvalue weighted by atomic mass is 9.87. The van der Waals surface area contributed by atoms with Crippen molar-refractivity contribution in [1.82, 2.24) is 0 Å². The van der Waals surface area contributed by atoms with Crippen molar-refractivity contribution in [3.05, 3.63) is 23.8 Å². The van der Waals surface area contributed by atoms with Gasteiger partial charge in [-0.1, -0.05) is 20.8 Å². The quantitative estimate of drug-likeness (QED) is 0.618. The van der Waals surface area contributed by atoms with Crippen LogP contribution in [0.2, 0.25) is 0 Å². The molecule has 1 unspecified atom stereocenters. The van der Waals surface area contributed by atoms with Crippen molar-refractivity contribution in [2.45, 2.75) is 39.5 Å². The Morgan fingerprint density at radius 3 is 2.26 bits per heavy atom. The molecule has 0 amide bonds. The molecule has 0 bridgehead atoms. The van der Waals surface area contributed by atoms with E-state index < -0.39 is 12.5 Å². The normalized spacial score (nSPS) is 12.7. The highest BCUT2D eigenvalue weighted by Gasteiger charge is 2.18. The standard InChI is InChI=1S/C14H19FO4/c1-9(15)18-13(16)19-12-7-10(14(2,3)4)6-11(8-12)17-5/h6-9H,1-5H3. The molecule has 0 aliphatic rings. The zero-order valence-electron chi connectivity index (χ0n) is 11.8. The van der Waals surface area contributed by atoms with Gasteiger partial charge in [0.05, 0.1) is 7.11 Å². The van der Waals surface area contributed by atoms with E-state index in [1.807, 2.05) is 26.8 Å². The Kier molecular flexibility index (Phi) is 4.75. The fourth-order valence-corrected chi connectivity index (χ4v) is 1.43. The first-order valence-electron chi connectivity index (χ1n) is 5.94. The molecule has 0 radical (unpaired) electrons. The fourth-order valence-electron chi connectivity index (χ4n) is 1.43. The van der Waals surface area contributed by atoms with E-state index in [-0.39, 0.29) is 11.2 Å². The van der Waals surface area contributed by atoms with Crippen molar-refractivity contribution in [3.63, 3.8) is 0 Å². The maximum absolute atomic E-state index is 12.5. The zero-order valence-corrected chi connectivity index (χ0v) is 11.8. The number of carbonyl (C=O) groups excluding carboxylic acids is 1. The number of halogens is 1. The first-order valence-corrected chi connectivity index (χ1v) is 5.94. The highest BCUT2D eigenvalue weighted by atomic mass is 19.1. The third-order valence-electron chi connectivity index (χ3n) is 2.44. The average molecular weight is 270 g/mol. The molecular weight excluding hydrogens is 251 g/mol. The second-order valence-corrected chi connectivity index (χ2v) is 5.16. The van der Waals surface area contributed by atoms with Gasteiger partial charge in [0.25, 0.3) is 0 Å². The second kappa shape index (κ2) is 5.91. The molecular formula is C14H19FO4. The summed E-state index contributed by atoms with van der Waals surface area (Å²) < 4.78 is 26.9. The molecule has 0 fully saturated rings. The fraction of sp³-hybridized carbons (Fsp3) is 0.500. The van der Waals surface area contributed by atoms with Crippen LogP contribution >= 0.6 is 0 Å². The van der Waals surface area contributed by atoms with E-state index in [9.17, 15) is 9.18 Å². The van der Waals surface area contributed by atoms with Crippen LogP contribution < -0.4 is 9.47 Å². The number of rotatable bonds is 3. The lowest BCUT2D eigenvalue weighted by Gasteiger charge is -2.20. The number of carbonyl (C=O) groups is 1. The van der Waals surface area contributed by atoms with Crippen molar-refractivity contribution in [3.8, 4) is 11.5 Å². The van der Waals surface area contributed by atoms with Gasteiger partial charge in [-0.25, -0.2) is 9.18 Å². The van der Waals surface area contributed by atoms with Crippen molar-refractivity contribution in [2.75, 3.05) is 7.11 Å². The van der Waals surface area contributed by atoms with E-state index in [1.54, 1.807) is 12.1 Å². The van der Waals surface area contributed by atoms with Gasteiger partial charge in [-0.15, -0.1) is 0 Å². The summed E-state index contributed by atoms with van der Waals surface area (Å²) in [5.41, 5.74) is 0.798. The minimum atomic E-state index is -1.71. The molecule has 19 heavy (non-hydrogen) atoms. The first kappa shape index (κ1) is 15.3. The number of alkyl halides is 1. The van der Waals surface area contributed by atoms with Crippen LogP contribution in [0.4, 0.5) is 9.18 Å². The van der Waals surface area contributed by atoms with Crippen LogP contribution in [0, 0.1) is 0 Å². The summed E-state index contributed by atoms with van der Waals surface area (Å²) in [4.78, 5) is 11.3. The monoisotopic (exact) mass is 270 g/mol. The second-order valence-electron chi connectivity index (χ2n) is 5.16. The summed E-state index contributed by atoms with van der Waals surface area (Å²) in [6, 6.07) is 5.10. The van der Waals surface area contributed by atoms with E-state index in [1.165, 1.54) is 7.11 Å². The largest absolute Gasteiger partial charge is 0.516 e. The summed E-state index contributed by atoms with van der Waals surface area (Å²) in [5, 5.41) is 0. The van der Waals surface area contributed by atoms with Crippen LogP contribution in [-0.2, 0) is 10.2 Å². The highest BCUT2D eigenvalue weighted by molar-refractivity contribution is 5.64. The van der Waals surface area contributed by atoms with E-state index in [0.29, 0.717) is 5.75 Å². The summed E-state index contributed by atoms with van der Waals surface area (Å²) in [7, 11) is 1.52. The smallest absolute Gasteiger partial charge is 0.497 e. The van der Waals surface area contributed by atoms with Gasteiger partial charge in [-0.3, -0.25) is 0 Å². The lowest BCUT2D eigenvalue weighted by Crippen LogP contribution is -2.16. The highest BCUT2D eigenvalue weighted by Crippen LogP contribution is 2.31. The van der Waals surface area contributed by atoms with Gasteiger partial charge < -0.3 is 14.2 Å². The zero-order chi connectivity index (χ0) is 14.6. The van der Waals surface area contributed by atoms with E-state index in [0.717, 1.165) is 12.5 Å². The summed E-state index contributed by atoms with van der Waals surface area (Å²) in [5.74, 6) is 0.818. The van der Waals surface area contributed by atoms with Crippen molar-refractivity contribution < 1.29 is 23.4 Å². The molecule has 4 nitrogen and oxygen atoms in total. The van der Waals surface area contributed by atoms with Gasteiger partial charge >= 0.3 is 6.16 Å². The van der Waals surface area contributed by atoms with E-state index in [2.05, 4.69) is 4.74 Å². The lowest BCUT2D eigenvalue weighted by molar-refractivity contribution is 0.00191. The van der Waals surface area contributed by atoms with Crippen LogP contribution in [0.3, 0.4) is 0 Å². The molecule has 0 saturated carbocycles. The van der Waals surface area contributed by atoms with Crippen LogP contribution in [0.15, 0.2) is 18.2 Å². The number of benzene rings is 1. The summed E-state index contributed by atoms with van der Waals surface area (Å²) >= 11 is 0. The Morgan fingerprint density at radius 1 is 1.21 bits per heavy atom. The number of ether oxygens (including phenoxy) is 3. The molecule has 1 aromatic rings. The third kappa shape index (κ3) is 4.77. The Bertz CT molecular complexity index is 449.